The maximum absolute atomic E-state index is 13.2. The van der Waals surface area contributed by atoms with Crippen molar-refractivity contribution in [2.75, 3.05) is 13.1 Å². The molecule has 0 bridgehead atoms. The number of amides is 1. The Morgan fingerprint density at radius 1 is 1.29 bits per heavy atom. The highest BCUT2D eigenvalue weighted by Crippen LogP contribution is 2.17. The van der Waals surface area contributed by atoms with Crippen molar-refractivity contribution in [3.8, 4) is 0 Å². The molecule has 4 heteroatoms. The molecule has 0 unspecified atom stereocenters. The fourth-order valence-corrected chi connectivity index (χ4v) is 1.36. The summed E-state index contributed by atoms with van der Waals surface area (Å²) in [5.41, 5.74) is -0.176. The minimum Gasteiger partial charge on any atom is -0.338 e. The van der Waals surface area contributed by atoms with Crippen LogP contribution < -0.4 is 0 Å². The van der Waals surface area contributed by atoms with Crippen LogP contribution in [-0.4, -0.2) is 23.9 Å². The van der Waals surface area contributed by atoms with Crippen LogP contribution in [0.1, 0.15) is 16.8 Å². The Balaban J connectivity index is 2.31. The summed E-state index contributed by atoms with van der Waals surface area (Å²) in [6.07, 6.45) is 0.933. The lowest BCUT2D eigenvalue weighted by atomic mass is 10.1. The molecule has 1 aliphatic heterocycles. The van der Waals surface area contributed by atoms with Gasteiger partial charge in [0.2, 0.25) is 0 Å². The van der Waals surface area contributed by atoms with Crippen LogP contribution in [0.3, 0.4) is 0 Å². The molecule has 0 N–H and O–H groups in total. The fourth-order valence-electron chi connectivity index (χ4n) is 1.36. The van der Waals surface area contributed by atoms with Crippen molar-refractivity contribution in [1.82, 2.24) is 4.90 Å². The van der Waals surface area contributed by atoms with E-state index < -0.39 is 17.5 Å². The van der Waals surface area contributed by atoms with E-state index in [0.717, 1.165) is 12.5 Å². The Hall–Kier alpha value is -1.45. The maximum atomic E-state index is 13.2. The second-order valence-electron chi connectivity index (χ2n) is 3.25. The number of carbonyl (C=O) groups is 1. The van der Waals surface area contributed by atoms with Crippen LogP contribution in [-0.2, 0) is 0 Å². The summed E-state index contributed by atoms with van der Waals surface area (Å²) in [5.74, 6) is -2.45. The van der Waals surface area contributed by atoms with Crippen molar-refractivity contribution in [3.05, 3.63) is 35.4 Å². The van der Waals surface area contributed by atoms with Crippen molar-refractivity contribution in [2.45, 2.75) is 6.42 Å². The monoisotopic (exact) mass is 197 g/mol. The Labute approximate surface area is 80.1 Å². The average Bonchev–Trinajstić information content (AvgIpc) is 2.06. The van der Waals surface area contributed by atoms with Gasteiger partial charge in [-0.2, -0.15) is 0 Å². The second-order valence-corrected chi connectivity index (χ2v) is 3.25. The zero-order chi connectivity index (χ0) is 10.1. The van der Waals surface area contributed by atoms with E-state index >= 15 is 0 Å². The van der Waals surface area contributed by atoms with Crippen LogP contribution >= 0.6 is 0 Å². The van der Waals surface area contributed by atoms with Crippen LogP contribution in [0, 0.1) is 11.6 Å². The Bertz CT molecular complexity index is 374. The van der Waals surface area contributed by atoms with Gasteiger partial charge < -0.3 is 4.90 Å². The summed E-state index contributed by atoms with van der Waals surface area (Å²) in [5, 5.41) is 0. The molecule has 1 amide bonds. The number of rotatable bonds is 1. The molecule has 0 spiro atoms. The SMILES string of the molecule is O=C(c1cccc(F)c1F)N1CCC1. The highest BCUT2D eigenvalue weighted by Gasteiger charge is 2.24. The van der Waals surface area contributed by atoms with E-state index in [1.807, 2.05) is 0 Å². The number of hydrogen-bond acceptors (Lipinski definition) is 1. The smallest absolute Gasteiger partial charge is 0.256 e. The zero-order valence-electron chi connectivity index (χ0n) is 7.46. The Morgan fingerprint density at radius 3 is 2.57 bits per heavy atom. The first kappa shape index (κ1) is 9.12. The molecule has 0 aliphatic carbocycles. The van der Waals surface area contributed by atoms with E-state index in [2.05, 4.69) is 0 Å². The highest BCUT2D eigenvalue weighted by molar-refractivity contribution is 5.94. The van der Waals surface area contributed by atoms with Gasteiger partial charge in [0.05, 0.1) is 5.56 Å². The third-order valence-corrected chi connectivity index (χ3v) is 2.33. The van der Waals surface area contributed by atoms with E-state index in [1.165, 1.54) is 17.0 Å². The molecule has 0 radical (unpaired) electrons. The quantitative estimate of drug-likeness (QED) is 0.672. The minimum absolute atomic E-state index is 0.176. The van der Waals surface area contributed by atoms with Gasteiger partial charge in [0.15, 0.2) is 11.6 Å². The molecule has 14 heavy (non-hydrogen) atoms. The summed E-state index contributed by atoms with van der Waals surface area (Å²) >= 11 is 0. The predicted molar refractivity (Wildman–Crippen MR) is 46.9 cm³/mol. The molecule has 2 nitrogen and oxygen atoms in total. The van der Waals surface area contributed by atoms with Gasteiger partial charge in [-0.05, 0) is 18.6 Å². The number of nitrogens with zero attached hydrogens (tertiary/aromatic N) is 1. The lowest BCUT2D eigenvalue weighted by Gasteiger charge is -2.30. The molecule has 1 aromatic carbocycles. The summed E-state index contributed by atoms with van der Waals surface area (Å²) in [7, 11) is 0. The number of benzene rings is 1. The lowest BCUT2D eigenvalue weighted by Crippen LogP contribution is -2.42. The molecular formula is C10H9F2NO. The number of halogens is 2. The van der Waals surface area contributed by atoms with Gasteiger partial charge >= 0.3 is 0 Å². The van der Waals surface area contributed by atoms with Crippen molar-refractivity contribution < 1.29 is 13.6 Å². The normalized spacial score (nSPS) is 15.1. The minimum atomic E-state index is -1.05. The van der Waals surface area contributed by atoms with Gasteiger partial charge in [0.1, 0.15) is 0 Å². The molecule has 2 rings (SSSR count). The molecule has 0 aromatic heterocycles. The molecule has 1 aliphatic rings. The van der Waals surface area contributed by atoms with Gasteiger partial charge in [-0.1, -0.05) is 6.07 Å². The lowest BCUT2D eigenvalue weighted by molar-refractivity contribution is 0.0646. The first-order valence-electron chi connectivity index (χ1n) is 4.43. The van der Waals surface area contributed by atoms with Crippen molar-refractivity contribution in [1.29, 1.82) is 0 Å². The molecular weight excluding hydrogens is 188 g/mol. The third kappa shape index (κ3) is 1.36. The van der Waals surface area contributed by atoms with Gasteiger partial charge in [0.25, 0.3) is 5.91 Å². The third-order valence-electron chi connectivity index (χ3n) is 2.33. The van der Waals surface area contributed by atoms with Crippen LogP contribution in [0.25, 0.3) is 0 Å². The van der Waals surface area contributed by atoms with E-state index in [-0.39, 0.29) is 5.56 Å². The molecule has 0 atom stereocenters. The maximum Gasteiger partial charge on any atom is 0.256 e. The largest absolute Gasteiger partial charge is 0.338 e. The Kier molecular flexibility index (Phi) is 2.19. The first-order chi connectivity index (χ1) is 6.70. The summed E-state index contributed by atoms with van der Waals surface area (Å²) < 4.78 is 25.9. The van der Waals surface area contributed by atoms with Crippen LogP contribution in [0.15, 0.2) is 18.2 Å². The predicted octanol–water partition coefficient (Wildman–Crippen LogP) is 1.81. The average molecular weight is 197 g/mol. The Morgan fingerprint density at radius 2 is 2.00 bits per heavy atom. The van der Waals surface area contributed by atoms with E-state index in [4.69, 9.17) is 0 Å². The van der Waals surface area contributed by atoms with E-state index in [9.17, 15) is 13.6 Å². The highest BCUT2D eigenvalue weighted by atomic mass is 19.2. The van der Waals surface area contributed by atoms with Gasteiger partial charge in [-0.25, -0.2) is 8.78 Å². The van der Waals surface area contributed by atoms with Gasteiger partial charge in [-0.3, -0.25) is 4.79 Å². The molecule has 1 aromatic rings. The topological polar surface area (TPSA) is 20.3 Å². The molecule has 74 valence electrons. The van der Waals surface area contributed by atoms with Gasteiger partial charge in [0, 0.05) is 13.1 Å². The summed E-state index contributed by atoms with van der Waals surface area (Å²) in [6.45, 7) is 1.27. The number of likely N-dealkylation sites (tertiary alicyclic amines) is 1. The van der Waals surface area contributed by atoms with E-state index in [0.29, 0.717) is 13.1 Å². The number of carbonyl (C=O) groups excluding carboxylic acids is 1. The molecule has 1 fully saturated rings. The van der Waals surface area contributed by atoms with Gasteiger partial charge in [-0.15, -0.1) is 0 Å². The molecule has 1 heterocycles. The van der Waals surface area contributed by atoms with Crippen LogP contribution in [0.2, 0.25) is 0 Å². The fraction of sp³-hybridized carbons (Fsp3) is 0.300. The zero-order valence-corrected chi connectivity index (χ0v) is 7.46. The molecule has 0 saturated carbocycles. The second kappa shape index (κ2) is 3.36. The summed E-state index contributed by atoms with van der Waals surface area (Å²) in [4.78, 5) is 13.0. The van der Waals surface area contributed by atoms with Crippen molar-refractivity contribution >= 4 is 5.91 Å². The van der Waals surface area contributed by atoms with Crippen molar-refractivity contribution in [3.63, 3.8) is 0 Å². The van der Waals surface area contributed by atoms with Crippen LogP contribution in [0.4, 0.5) is 8.78 Å². The van der Waals surface area contributed by atoms with Crippen LogP contribution in [0.5, 0.6) is 0 Å². The van der Waals surface area contributed by atoms with E-state index in [1.54, 1.807) is 0 Å². The molecule has 1 saturated heterocycles. The number of hydrogen-bond donors (Lipinski definition) is 0. The standard InChI is InChI=1S/C10H9F2NO/c11-8-4-1-3-7(9(8)12)10(14)13-5-2-6-13/h1,3-4H,2,5-6H2. The first-order valence-corrected chi connectivity index (χ1v) is 4.43. The van der Waals surface area contributed by atoms with Crippen molar-refractivity contribution in [2.24, 2.45) is 0 Å². The summed E-state index contributed by atoms with van der Waals surface area (Å²) in [6, 6.07) is 3.65.